The second kappa shape index (κ2) is 9.99. The van der Waals surface area contributed by atoms with Crippen molar-refractivity contribution >= 4 is 28.2 Å². The number of amides is 1. The zero-order valence-electron chi connectivity index (χ0n) is 24.3. The van der Waals surface area contributed by atoms with Crippen LogP contribution in [0.1, 0.15) is 47.8 Å². The van der Waals surface area contributed by atoms with E-state index in [4.69, 9.17) is 14.7 Å². The highest BCUT2D eigenvalue weighted by atomic mass is 19.1. The Morgan fingerprint density at radius 1 is 1.16 bits per heavy atom. The number of carbonyl (C=O) groups excluding carboxylic acids is 1. The summed E-state index contributed by atoms with van der Waals surface area (Å²) in [5, 5.41) is 15.3. The minimum atomic E-state index is -0.862. The van der Waals surface area contributed by atoms with Crippen molar-refractivity contribution < 1.29 is 23.4 Å². The van der Waals surface area contributed by atoms with Crippen molar-refractivity contribution in [3.8, 4) is 11.8 Å². The van der Waals surface area contributed by atoms with Gasteiger partial charge in [-0.15, -0.1) is 0 Å². The monoisotopic (exact) mass is 590 g/mol. The van der Waals surface area contributed by atoms with Crippen LogP contribution in [0.3, 0.4) is 0 Å². The molecule has 0 aliphatic carbocycles. The van der Waals surface area contributed by atoms with Gasteiger partial charge >= 0.3 is 6.01 Å². The molecular formula is C32H36F2N6O3. The number of hydrogen-bond donors (Lipinski definition) is 2. The fourth-order valence-electron chi connectivity index (χ4n) is 8.36. The number of ether oxygens (including phenoxy) is 1. The van der Waals surface area contributed by atoms with E-state index < -0.39 is 6.17 Å². The van der Waals surface area contributed by atoms with Crippen LogP contribution in [-0.2, 0) is 13.0 Å². The summed E-state index contributed by atoms with van der Waals surface area (Å²) in [5.74, 6) is 0.878. The van der Waals surface area contributed by atoms with Gasteiger partial charge in [-0.2, -0.15) is 9.97 Å². The molecule has 3 aromatic rings. The van der Waals surface area contributed by atoms with E-state index in [9.17, 15) is 18.7 Å². The molecule has 0 spiro atoms. The number of aromatic nitrogens is 2. The summed E-state index contributed by atoms with van der Waals surface area (Å²) in [5.41, 5.74) is 1.57. The molecule has 1 aromatic heterocycles. The lowest BCUT2D eigenvalue weighted by atomic mass is 9.95. The second-order valence-electron chi connectivity index (χ2n) is 12.9. The van der Waals surface area contributed by atoms with Crippen molar-refractivity contribution in [3.05, 3.63) is 46.9 Å². The van der Waals surface area contributed by atoms with E-state index in [1.807, 2.05) is 6.92 Å². The van der Waals surface area contributed by atoms with Gasteiger partial charge in [-0.25, -0.2) is 8.78 Å². The van der Waals surface area contributed by atoms with Crippen LogP contribution in [0.15, 0.2) is 24.3 Å². The summed E-state index contributed by atoms with van der Waals surface area (Å²) < 4.78 is 35.7. The highest BCUT2D eigenvalue weighted by molar-refractivity contribution is 6.16. The molecule has 4 unspecified atom stereocenters. The average Bonchev–Trinajstić information content (AvgIpc) is 3.78. The average molecular weight is 591 g/mol. The molecule has 5 aliphatic rings. The molecule has 4 atom stereocenters. The Morgan fingerprint density at radius 2 is 1.98 bits per heavy atom. The van der Waals surface area contributed by atoms with Gasteiger partial charge in [-0.05, 0) is 60.7 Å². The topological polar surface area (TPSA) is 94.1 Å². The van der Waals surface area contributed by atoms with Crippen LogP contribution in [0.25, 0.3) is 10.8 Å². The first-order valence-corrected chi connectivity index (χ1v) is 15.5. The molecule has 226 valence electrons. The molecule has 0 bridgehead atoms. The number of aryl methyl sites for hydroxylation is 1. The van der Waals surface area contributed by atoms with E-state index in [0.717, 1.165) is 45.6 Å². The molecule has 5 aliphatic heterocycles. The highest BCUT2D eigenvalue weighted by Gasteiger charge is 2.50. The van der Waals surface area contributed by atoms with Crippen LogP contribution in [0.2, 0.25) is 0 Å². The van der Waals surface area contributed by atoms with Gasteiger partial charge in [0.05, 0.1) is 23.5 Å². The van der Waals surface area contributed by atoms with Crippen molar-refractivity contribution in [1.29, 1.82) is 0 Å². The molecule has 0 saturated carbocycles. The van der Waals surface area contributed by atoms with Crippen LogP contribution >= 0.6 is 0 Å². The summed E-state index contributed by atoms with van der Waals surface area (Å²) in [6.07, 6.45) is 1.90. The summed E-state index contributed by atoms with van der Waals surface area (Å²) in [4.78, 5) is 29.8. The standard InChI is InChI=1S/C32H36F2N6O3/c1-2-23-24(34)5-4-18-8-22(41)9-26(27(18)23)40-16-25-28(30(40)42)29(38-13-19-11-35-12-20(19)14-38)37-31(36-25)43-17-32-6-3-7-39(32)15-21(33)10-32/h4-5,8-9,19-21,35,41H,2-3,6-7,10-17H2,1H3. The number of fused-ring (bicyclic) bond motifs is 4. The number of hydrogen-bond acceptors (Lipinski definition) is 8. The number of phenolic OH excluding ortho intramolecular Hbond substituents is 1. The van der Waals surface area contributed by atoms with E-state index >= 15 is 0 Å². The fourth-order valence-corrected chi connectivity index (χ4v) is 8.36. The third kappa shape index (κ3) is 4.26. The molecule has 2 aromatic carbocycles. The third-order valence-electron chi connectivity index (χ3n) is 10.4. The maximum atomic E-state index is 15.0. The Balaban J connectivity index is 1.19. The van der Waals surface area contributed by atoms with Gasteiger partial charge in [0.1, 0.15) is 35.7 Å². The molecule has 1 amide bonds. The molecule has 8 rings (SSSR count). The number of phenols is 1. The van der Waals surface area contributed by atoms with Crippen LogP contribution in [-0.4, -0.2) is 83.5 Å². The highest BCUT2D eigenvalue weighted by Crippen LogP contribution is 2.43. The van der Waals surface area contributed by atoms with Crippen LogP contribution in [0.4, 0.5) is 20.3 Å². The van der Waals surface area contributed by atoms with E-state index in [0.29, 0.717) is 76.9 Å². The SMILES string of the molecule is CCc1c(F)ccc2cc(O)cc(N3Cc4nc(OCC56CCCN5CC(F)C6)nc(N5CC6CNCC6C5)c4C3=O)c12. The van der Waals surface area contributed by atoms with Crippen LogP contribution in [0, 0.1) is 17.7 Å². The summed E-state index contributed by atoms with van der Waals surface area (Å²) in [6, 6.07) is 6.35. The number of alkyl halides is 1. The van der Waals surface area contributed by atoms with Gasteiger partial charge in [0, 0.05) is 50.6 Å². The zero-order chi connectivity index (χ0) is 29.5. The Hall–Kier alpha value is -3.57. The van der Waals surface area contributed by atoms with Gasteiger partial charge in [-0.1, -0.05) is 13.0 Å². The van der Waals surface area contributed by atoms with Crippen LogP contribution in [0.5, 0.6) is 11.8 Å². The molecule has 4 saturated heterocycles. The van der Waals surface area contributed by atoms with Crippen LogP contribution < -0.4 is 19.9 Å². The molecular weight excluding hydrogens is 554 g/mol. The molecule has 2 N–H and O–H groups in total. The Bertz CT molecular complexity index is 1620. The number of nitrogens with zero attached hydrogens (tertiary/aromatic N) is 5. The normalized spacial score (nSPS) is 28.3. The van der Waals surface area contributed by atoms with E-state index in [1.165, 1.54) is 12.1 Å². The lowest BCUT2D eigenvalue weighted by molar-refractivity contribution is 0.0996. The lowest BCUT2D eigenvalue weighted by Crippen LogP contribution is -2.43. The minimum Gasteiger partial charge on any atom is -0.508 e. The molecule has 4 fully saturated rings. The fraction of sp³-hybridized carbons (Fsp3) is 0.531. The van der Waals surface area contributed by atoms with Crippen molar-refractivity contribution in [2.75, 3.05) is 55.7 Å². The number of aromatic hydroxyl groups is 1. The maximum Gasteiger partial charge on any atom is 0.318 e. The molecule has 6 heterocycles. The quantitative estimate of drug-likeness (QED) is 0.448. The van der Waals surface area contributed by atoms with Crippen molar-refractivity contribution in [3.63, 3.8) is 0 Å². The number of halogens is 2. The Morgan fingerprint density at radius 3 is 2.77 bits per heavy atom. The summed E-state index contributed by atoms with van der Waals surface area (Å²) in [7, 11) is 0. The van der Waals surface area contributed by atoms with Crippen molar-refractivity contribution in [2.45, 2.75) is 50.9 Å². The lowest BCUT2D eigenvalue weighted by Gasteiger charge is -2.31. The summed E-state index contributed by atoms with van der Waals surface area (Å²) >= 11 is 0. The predicted molar refractivity (Wildman–Crippen MR) is 158 cm³/mol. The maximum absolute atomic E-state index is 15.0. The molecule has 9 nitrogen and oxygen atoms in total. The minimum absolute atomic E-state index is 0.00165. The predicted octanol–water partition coefficient (Wildman–Crippen LogP) is 3.81. The van der Waals surface area contributed by atoms with Gasteiger partial charge in [0.15, 0.2) is 0 Å². The first-order valence-electron chi connectivity index (χ1n) is 15.5. The zero-order valence-corrected chi connectivity index (χ0v) is 24.3. The number of carbonyl (C=O) groups is 1. The first kappa shape index (κ1) is 27.0. The van der Waals surface area contributed by atoms with Gasteiger partial charge in [0.2, 0.25) is 0 Å². The first-order chi connectivity index (χ1) is 20.8. The van der Waals surface area contributed by atoms with Gasteiger partial charge < -0.3 is 25.0 Å². The number of benzene rings is 2. The summed E-state index contributed by atoms with van der Waals surface area (Å²) in [6.45, 7) is 7.03. The smallest absolute Gasteiger partial charge is 0.318 e. The largest absolute Gasteiger partial charge is 0.508 e. The molecule has 43 heavy (non-hydrogen) atoms. The van der Waals surface area contributed by atoms with Gasteiger partial charge in [-0.3, -0.25) is 9.69 Å². The second-order valence-corrected chi connectivity index (χ2v) is 12.9. The number of nitrogens with one attached hydrogen (secondary N) is 1. The Labute approximate surface area is 248 Å². The molecule has 11 heteroatoms. The molecule has 0 radical (unpaired) electrons. The van der Waals surface area contributed by atoms with Gasteiger partial charge in [0.25, 0.3) is 5.91 Å². The van der Waals surface area contributed by atoms with Crippen molar-refractivity contribution in [2.24, 2.45) is 11.8 Å². The number of anilines is 2. The number of rotatable bonds is 6. The van der Waals surface area contributed by atoms with Crippen molar-refractivity contribution in [1.82, 2.24) is 20.2 Å². The van der Waals surface area contributed by atoms with E-state index in [-0.39, 0.29) is 35.6 Å². The Kier molecular flexibility index (Phi) is 6.27. The van der Waals surface area contributed by atoms with E-state index in [2.05, 4.69) is 15.1 Å². The third-order valence-corrected chi connectivity index (χ3v) is 10.4. The van der Waals surface area contributed by atoms with E-state index in [1.54, 1.807) is 17.0 Å².